The SMILES string of the molecule is c1ncc(-c2ccc3c(n2)CCCN3)cn1. The molecule has 2 aromatic rings. The number of nitrogens with one attached hydrogen (secondary N) is 1. The van der Waals surface area contributed by atoms with Crippen molar-refractivity contribution < 1.29 is 0 Å². The Labute approximate surface area is 93.8 Å². The summed E-state index contributed by atoms with van der Waals surface area (Å²) in [6, 6.07) is 4.10. The molecule has 0 atom stereocenters. The summed E-state index contributed by atoms with van der Waals surface area (Å²) in [4.78, 5) is 12.7. The molecule has 0 bridgehead atoms. The van der Waals surface area contributed by atoms with Crippen LogP contribution in [0.25, 0.3) is 11.3 Å². The van der Waals surface area contributed by atoms with E-state index in [9.17, 15) is 0 Å². The van der Waals surface area contributed by atoms with Crippen molar-refractivity contribution in [2.24, 2.45) is 0 Å². The molecule has 1 aliphatic rings. The molecular weight excluding hydrogens is 200 g/mol. The van der Waals surface area contributed by atoms with Crippen molar-refractivity contribution in [1.29, 1.82) is 0 Å². The zero-order valence-corrected chi connectivity index (χ0v) is 8.85. The number of rotatable bonds is 1. The molecule has 0 amide bonds. The summed E-state index contributed by atoms with van der Waals surface area (Å²) in [6.45, 7) is 1.04. The maximum absolute atomic E-state index is 4.64. The van der Waals surface area contributed by atoms with E-state index in [0.29, 0.717) is 0 Å². The van der Waals surface area contributed by atoms with Gasteiger partial charge in [-0.2, -0.15) is 0 Å². The normalized spacial score (nSPS) is 14.0. The van der Waals surface area contributed by atoms with Gasteiger partial charge in [0.1, 0.15) is 6.33 Å². The molecule has 0 saturated heterocycles. The molecule has 1 aliphatic heterocycles. The number of pyridine rings is 1. The fourth-order valence-electron chi connectivity index (χ4n) is 1.92. The lowest BCUT2D eigenvalue weighted by Crippen LogP contribution is -2.13. The second kappa shape index (κ2) is 3.89. The molecule has 3 heterocycles. The lowest BCUT2D eigenvalue weighted by Gasteiger charge is -2.17. The standard InChI is InChI=1S/C12H12N4/c1-2-12-11(15-5-1)4-3-10(16-12)9-6-13-8-14-7-9/h3-4,6-8,15H,1-2,5H2. The zero-order valence-electron chi connectivity index (χ0n) is 8.85. The minimum absolute atomic E-state index is 0.947. The third-order valence-electron chi connectivity index (χ3n) is 2.74. The van der Waals surface area contributed by atoms with Crippen LogP contribution in [0.3, 0.4) is 0 Å². The highest BCUT2D eigenvalue weighted by molar-refractivity contribution is 5.61. The number of hydrogen-bond acceptors (Lipinski definition) is 4. The van der Waals surface area contributed by atoms with Crippen LogP contribution in [0.5, 0.6) is 0 Å². The highest BCUT2D eigenvalue weighted by atomic mass is 14.9. The summed E-state index contributed by atoms with van der Waals surface area (Å²) in [5.41, 5.74) is 4.22. The van der Waals surface area contributed by atoms with Gasteiger partial charge in [0.15, 0.2) is 0 Å². The van der Waals surface area contributed by atoms with Crippen molar-refractivity contribution >= 4 is 5.69 Å². The molecule has 0 saturated carbocycles. The maximum atomic E-state index is 4.64. The first-order valence-corrected chi connectivity index (χ1v) is 5.43. The Hall–Kier alpha value is -1.97. The van der Waals surface area contributed by atoms with Crippen LogP contribution >= 0.6 is 0 Å². The summed E-state index contributed by atoms with van der Waals surface area (Å²) in [6.07, 6.45) is 7.30. The molecule has 4 heteroatoms. The average molecular weight is 212 g/mol. The molecule has 0 aromatic carbocycles. The van der Waals surface area contributed by atoms with Crippen LogP contribution in [-0.2, 0) is 6.42 Å². The van der Waals surface area contributed by atoms with Crippen molar-refractivity contribution in [1.82, 2.24) is 15.0 Å². The van der Waals surface area contributed by atoms with Gasteiger partial charge in [-0.05, 0) is 25.0 Å². The van der Waals surface area contributed by atoms with E-state index in [1.54, 1.807) is 12.4 Å². The van der Waals surface area contributed by atoms with Crippen molar-refractivity contribution in [2.75, 3.05) is 11.9 Å². The smallest absolute Gasteiger partial charge is 0.115 e. The summed E-state index contributed by atoms with van der Waals surface area (Å²) in [7, 11) is 0. The Bertz CT molecular complexity index is 496. The summed E-state index contributed by atoms with van der Waals surface area (Å²) < 4.78 is 0. The molecule has 80 valence electrons. The van der Waals surface area contributed by atoms with Crippen molar-refractivity contribution in [3.05, 3.63) is 36.5 Å². The van der Waals surface area contributed by atoms with E-state index in [4.69, 9.17) is 0 Å². The van der Waals surface area contributed by atoms with Gasteiger partial charge < -0.3 is 5.32 Å². The summed E-state index contributed by atoms with van der Waals surface area (Å²) >= 11 is 0. The molecule has 0 fully saturated rings. The minimum Gasteiger partial charge on any atom is -0.384 e. The van der Waals surface area contributed by atoms with Crippen molar-refractivity contribution in [3.8, 4) is 11.3 Å². The molecular formula is C12H12N4. The Balaban J connectivity index is 2.03. The molecule has 2 aromatic heterocycles. The van der Waals surface area contributed by atoms with Gasteiger partial charge in [0.25, 0.3) is 0 Å². The second-order valence-electron chi connectivity index (χ2n) is 3.85. The first-order chi connectivity index (χ1) is 7.93. The van der Waals surface area contributed by atoms with Gasteiger partial charge in [-0.3, -0.25) is 4.98 Å². The van der Waals surface area contributed by atoms with Gasteiger partial charge in [-0.15, -0.1) is 0 Å². The lowest BCUT2D eigenvalue weighted by atomic mass is 10.1. The molecule has 0 aliphatic carbocycles. The summed E-state index contributed by atoms with van der Waals surface area (Å²) in [5.74, 6) is 0. The number of aromatic nitrogens is 3. The topological polar surface area (TPSA) is 50.7 Å². The molecule has 3 rings (SSSR count). The van der Waals surface area contributed by atoms with Gasteiger partial charge in [0.05, 0.1) is 17.1 Å². The van der Waals surface area contributed by atoms with Crippen LogP contribution in [0, 0.1) is 0 Å². The lowest BCUT2D eigenvalue weighted by molar-refractivity contribution is 0.803. The Kier molecular flexibility index (Phi) is 2.25. The molecule has 0 radical (unpaired) electrons. The monoisotopic (exact) mass is 212 g/mol. The van der Waals surface area contributed by atoms with E-state index in [-0.39, 0.29) is 0 Å². The van der Waals surface area contributed by atoms with Gasteiger partial charge in [-0.25, -0.2) is 9.97 Å². The first kappa shape index (κ1) is 9.27. The van der Waals surface area contributed by atoms with E-state index < -0.39 is 0 Å². The zero-order chi connectivity index (χ0) is 10.8. The van der Waals surface area contributed by atoms with Crippen molar-refractivity contribution in [2.45, 2.75) is 12.8 Å². The third-order valence-corrected chi connectivity index (χ3v) is 2.74. The number of nitrogens with zero attached hydrogens (tertiary/aromatic N) is 3. The van der Waals surface area contributed by atoms with Crippen LogP contribution in [-0.4, -0.2) is 21.5 Å². The first-order valence-electron chi connectivity index (χ1n) is 5.43. The highest BCUT2D eigenvalue weighted by Crippen LogP contribution is 2.23. The molecule has 1 N–H and O–H groups in total. The number of aryl methyl sites for hydroxylation is 1. The van der Waals surface area contributed by atoms with E-state index in [2.05, 4.69) is 26.3 Å². The van der Waals surface area contributed by atoms with Crippen LogP contribution in [0.4, 0.5) is 5.69 Å². The van der Waals surface area contributed by atoms with E-state index in [1.165, 1.54) is 6.33 Å². The van der Waals surface area contributed by atoms with Gasteiger partial charge in [0, 0.05) is 24.5 Å². The van der Waals surface area contributed by atoms with E-state index in [1.807, 2.05) is 6.07 Å². The molecule has 0 spiro atoms. The highest BCUT2D eigenvalue weighted by Gasteiger charge is 2.10. The predicted molar refractivity (Wildman–Crippen MR) is 62.1 cm³/mol. The molecule has 0 unspecified atom stereocenters. The summed E-state index contributed by atoms with van der Waals surface area (Å²) in [5, 5.41) is 3.35. The second-order valence-corrected chi connectivity index (χ2v) is 3.85. The van der Waals surface area contributed by atoms with Gasteiger partial charge in [0.2, 0.25) is 0 Å². The minimum atomic E-state index is 0.947. The van der Waals surface area contributed by atoms with Crippen LogP contribution in [0.2, 0.25) is 0 Å². The van der Waals surface area contributed by atoms with E-state index >= 15 is 0 Å². The number of hydrogen-bond donors (Lipinski definition) is 1. The van der Waals surface area contributed by atoms with Crippen LogP contribution in [0.15, 0.2) is 30.9 Å². The third kappa shape index (κ3) is 1.62. The largest absolute Gasteiger partial charge is 0.384 e. The van der Waals surface area contributed by atoms with Gasteiger partial charge >= 0.3 is 0 Å². The molecule has 16 heavy (non-hydrogen) atoms. The van der Waals surface area contributed by atoms with Crippen LogP contribution in [0.1, 0.15) is 12.1 Å². The Morgan fingerprint density at radius 3 is 2.88 bits per heavy atom. The quantitative estimate of drug-likeness (QED) is 0.784. The predicted octanol–water partition coefficient (Wildman–Crippen LogP) is 1.90. The fraction of sp³-hybridized carbons (Fsp3) is 0.250. The van der Waals surface area contributed by atoms with Crippen molar-refractivity contribution in [3.63, 3.8) is 0 Å². The van der Waals surface area contributed by atoms with Crippen LogP contribution < -0.4 is 5.32 Å². The Morgan fingerprint density at radius 2 is 2.00 bits per heavy atom. The average Bonchev–Trinajstić information content (AvgIpc) is 2.39. The molecule has 4 nitrogen and oxygen atoms in total. The maximum Gasteiger partial charge on any atom is 0.115 e. The fourth-order valence-corrected chi connectivity index (χ4v) is 1.92. The number of fused-ring (bicyclic) bond motifs is 1. The Morgan fingerprint density at radius 1 is 1.12 bits per heavy atom. The van der Waals surface area contributed by atoms with Gasteiger partial charge in [-0.1, -0.05) is 0 Å². The van der Waals surface area contributed by atoms with E-state index in [0.717, 1.165) is 42.0 Å². The number of anilines is 1.